The molecule has 0 aliphatic heterocycles. The molecule has 0 saturated carbocycles. The second-order valence-corrected chi connectivity index (χ2v) is 5.57. The van der Waals surface area contributed by atoms with Crippen molar-refractivity contribution in [2.45, 2.75) is 45.3 Å². The molecule has 4 heteroatoms. The zero-order valence-electron chi connectivity index (χ0n) is 11.5. The van der Waals surface area contributed by atoms with Crippen molar-refractivity contribution in [3.05, 3.63) is 47.3 Å². The molecule has 1 aromatic carbocycles. The Morgan fingerprint density at radius 2 is 2.21 bits per heavy atom. The number of nitrogens with zero attached hydrogens (tertiary/aromatic N) is 3. The minimum atomic E-state index is 0.476. The molecular weight excluding hydrogens is 236 g/mol. The fourth-order valence-electron chi connectivity index (χ4n) is 2.57. The molecule has 0 radical (unpaired) electrons. The molecule has 3 rings (SSSR count). The van der Waals surface area contributed by atoms with Crippen molar-refractivity contribution in [1.82, 2.24) is 20.3 Å². The van der Waals surface area contributed by atoms with Gasteiger partial charge < -0.3 is 5.32 Å². The van der Waals surface area contributed by atoms with Crippen LogP contribution in [0.2, 0.25) is 0 Å². The molecule has 0 bridgehead atoms. The van der Waals surface area contributed by atoms with Gasteiger partial charge in [0.25, 0.3) is 0 Å². The Morgan fingerprint density at radius 1 is 1.37 bits per heavy atom. The predicted octanol–water partition coefficient (Wildman–Crippen LogP) is 2.12. The molecule has 4 nitrogen and oxygen atoms in total. The predicted molar refractivity (Wildman–Crippen MR) is 74.9 cm³/mol. The van der Waals surface area contributed by atoms with Crippen LogP contribution in [0.3, 0.4) is 0 Å². The summed E-state index contributed by atoms with van der Waals surface area (Å²) in [6.45, 7) is 6.00. The maximum Gasteiger partial charge on any atom is 0.0964 e. The van der Waals surface area contributed by atoms with Gasteiger partial charge in [-0.15, -0.1) is 5.10 Å². The Hall–Kier alpha value is -1.68. The molecular formula is C15H20N4. The number of benzene rings is 1. The lowest BCUT2D eigenvalue weighted by atomic mass is 9.78. The molecule has 1 atom stereocenters. The topological polar surface area (TPSA) is 42.7 Å². The first kappa shape index (κ1) is 12.4. The molecule has 1 N–H and O–H groups in total. The van der Waals surface area contributed by atoms with Crippen LogP contribution in [0.5, 0.6) is 0 Å². The van der Waals surface area contributed by atoms with E-state index < -0.39 is 0 Å². The highest BCUT2D eigenvalue weighted by molar-refractivity contribution is 5.39. The van der Waals surface area contributed by atoms with Gasteiger partial charge in [-0.1, -0.05) is 43.3 Å². The van der Waals surface area contributed by atoms with Gasteiger partial charge in [0.2, 0.25) is 0 Å². The lowest BCUT2D eigenvalue weighted by Gasteiger charge is -2.29. The first-order valence-corrected chi connectivity index (χ1v) is 6.92. The fraction of sp³-hybridized carbons (Fsp3) is 0.467. The second-order valence-electron chi connectivity index (χ2n) is 5.57. The van der Waals surface area contributed by atoms with Gasteiger partial charge in [0, 0.05) is 31.2 Å². The van der Waals surface area contributed by atoms with Crippen LogP contribution >= 0.6 is 0 Å². The number of aromatic nitrogens is 3. The molecule has 2 aromatic rings. The van der Waals surface area contributed by atoms with E-state index in [-0.39, 0.29) is 0 Å². The highest BCUT2D eigenvalue weighted by Gasteiger charge is 2.25. The quantitative estimate of drug-likeness (QED) is 0.891. The Labute approximate surface area is 113 Å². The summed E-state index contributed by atoms with van der Waals surface area (Å²) >= 11 is 0. The van der Waals surface area contributed by atoms with Gasteiger partial charge in [0.05, 0.1) is 5.69 Å². The lowest BCUT2D eigenvalue weighted by molar-refractivity contribution is 0.465. The van der Waals surface area contributed by atoms with Crippen LogP contribution < -0.4 is 5.32 Å². The van der Waals surface area contributed by atoms with Crippen molar-refractivity contribution in [3.63, 3.8) is 0 Å². The van der Waals surface area contributed by atoms with E-state index >= 15 is 0 Å². The molecule has 1 heterocycles. The Morgan fingerprint density at radius 3 is 3.00 bits per heavy atom. The van der Waals surface area contributed by atoms with E-state index in [0.717, 1.165) is 25.2 Å². The van der Waals surface area contributed by atoms with E-state index in [1.165, 1.54) is 11.1 Å². The largest absolute Gasteiger partial charge is 0.309 e. The molecule has 0 saturated heterocycles. The summed E-state index contributed by atoms with van der Waals surface area (Å²) in [6.07, 6.45) is 3.21. The molecule has 1 aliphatic carbocycles. The third-order valence-corrected chi connectivity index (χ3v) is 3.65. The van der Waals surface area contributed by atoms with Crippen molar-refractivity contribution < 1.29 is 0 Å². The number of rotatable bonds is 5. The van der Waals surface area contributed by atoms with Gasteiger partial charge in [-0.25, -0.2) is 0 Å². The van der Waals surface area contributed by atoms with Gasteiger partial charge in [0.1, 0.15) is 0 Å². The maximum absolute atomic E-state index is 4.22. The third kappa shape index (κ3) is 2.68. The Bertz CT molecular complexity index is 559. The average Bonchev–Trinajstić information content (AvgIpc) is 2.81. The second kappa shape index (κ2) is 5.13. The summed E-state index contributed by atoms with van der Waals surface area (Å²) in [4.78, 5) is 0. The summed E-state index contributed by atoms with van der Waals surface area (Å²) in [7, 11) is 0. The molecule has 0 amide bonds. The van der Waals surface area contributed by atoms with Crippen LogP contribution in [-0.4, -0.2) is 21.0 Å². The summed E-state index contributed by atoms with van der Waals surface area (Å²) in [5.41, 5.74) is 3.97. The average molecular weight is 256 g/mol. The number of hydrogen-bond donors (Lipinski definition) is 1. The van der Waals surface area contributed by atoms with Gasteiger partial charge >= 0.3 is 0 Å². The summed E-state index contributed by atoms with van der Waals surface area (Å²) in [5.74, 6) is 0.601. The minimum Gasteiger partial charge on any atom is -0.309 e. The van der Waals surface area contributed by atoms with E-state index in [4.69, 9.17) is 0 Å². The minimum absolute atomic E-state index is 0.476. The number of hydrogen-bond acceptors (Lipinski definition) is 3. The van der Waals surface area contributed by atoms with Crippen molar-refractivity contribution in [2.24, 2.45) is 0 Å². The molecule has 0 fully saturated rings. The van der Waals surface area contributed by atoms with Crippen molar-refractivity contribution in [1.29, 1.82) is 0 Å². The maximum atomic E-state index is 4.22. The molecule has 0 spiro atoms. The van der Waals surface area contributed by atoms with Gasteiger partial charge in [-0.2, -0.15) is 0 Å². The number of fused-ring (bicyclic) bond motifs is 1. The lowest BCUT2D eigenvalue weighted by Crippen LogP contribution is -2.22. The van der Waals surface area contributed by atoms with Crippen LogP contribution in [0.25, 0.3) is 0 Å². The van der Waals surface area contributed by atoms with Gasteiger partial charge in [-0.3, -0.25) is 4.68 Å². The zero-order chi connectivity index (χ0) is 13.2. The zero-order valence-corrected chi connectivity index (χ0v) is 11.5. The van der Waals surface area contributed by atoms with E-state index in [0.29, 0.717) is 12.0 Å². The van der Waals surface area contributed by atoms with E-state index in [1.807, 2.05) is 4.68 Å². The summed E-state index contributed by atoms with van der Waals surface area (Å²) in [5, 5.41) is 11.8. The van der Waals surface area contributed by atoms with Crippen LogP contribution in [0.1, 0.15) is 36.6 Å². The van der Waals surface area contributed by atoms with E-state index in [1.54, 1.807) is 0 Å². The first-order valence-electron chi connectivity index (χ1n) is 6.92. The van der Waals surface area contributed by atoms with Crippen molar-refractivity contribution in [3.8, 4) is 0 Å². The standard InChI is InChI=1S/C15H20N4/c1-11(2)16-8-14-10-19(18-17-14)9-13-7-12-5-3-4-6-15(12)13/h3-6,10-11,13,16H,7-9H2,1-2H3. The van der Waals surface area contributed by atoms with Crippen LogP contribution in [0, 0.1) is 0 Å². The smallest absolute Gasteiger partial charge is 0.0964 e. The first-order chi connectivity index (χ1) is 9.22. The Kier molecular flexibility index (Phi) is 3.34. The highest BCUT2D eigenvalue weighted by Crippen LogP contribution is 2.35. The molecule has 1 unspecified atom stereocenters. The Balaban J connectivity index is 1.60. The fourth-order valence-corrected chi connectivity index (χ4v) is 2.57. The SMILES string of the molecule is CC(C)NCc1cn(CC2Cc3ccccc32)nn1. The van der Waals surface area contributed by atoms with Gasteiger partial charge in [-0.05, 0) is 17.5 Å². The third-order valence-electron chi connectivity index (χ3n) is 3.65. The van der Waals surface area contributed by atoms with E-state index in [9.17, 15) is 0 Å². The molecule has 100 valence electrons. The van der Waals surface area contributed by atoms with E-state index in [2.05, 4.69) is 59.9 Å². The normalized spacial score (nSPS) is 17.3. The van der Waals surface area contributed by atoms with Crippen molar-refractivity contribution >= 4 is 0 Å². The number of nitrogens with one attached hydrogen (secondary N) is 1. The summed E-state index contributed by atoms with van der Waals surface area (Å²) in [6, 6.07) is 9.14. The molecule has 19 heavy (non-hydrogen) atoms. The molecule has 1 aromatic heterocycles. The van der Waals surface area contributed by atoms with Crippen LogP contribution in [0.4, 0.5) is 0 Å². The van der Waals surface area contributed by atoms with Crippen LogP contribution in [-0.2, 0) is 19.5 Å². The highest BCUT2D eigenvalue weighted by atomic mass is 15.4. The monoisotopic (exact) mass is 256 g/mol. The van der Waals surface area contributed by atoms with Crippen LogP contribution in [0.15, 0.2) is 30.5 Å². The molecule has 1 aliphatic rings. The summed E-state index contributed by atoms with van der Waals surface area (Å²) < 4.78 is 1.97. The van der Waals surface area contributed by atoms with Gasteiger partial charge in [0.15, 0.2) is 0 Å². The van der Waals surface area contributed by atoms with Crippen molar-refractivity contribution in [2.75, 3.05) is 0 Å².